The molecule has 1 N–H and O–H groups in total. The van der Waals surface area contributed by atoms with E-state index in [1.807, 2.05) is 0 Å². The first-order valence-electron chi connectivity index (χ1n) is 6.85. The topological polar surface area (TPSA) is 15.3 Å². The minimum absolute atomic E-state index is 0.840. The van der Waals surface area contributed by atoms with Gasteiger partial charge in [0.25, 0.3) is 0 Å². The van der Waals surface area contributed by atoms with Crippen LogP contribution in [-0.2, 0) is 6.54 Å². The lowest BCUT2D eigenvalue weighted by atomic mass is 9.97. The van der Waals surface area contributed by atoms with E-state index in [1.54, 1.807) is 0 Å². The molecule has 1 aliphatic heterocycles. The lowest BCUT2D eigenvalue weighted by Crippen LogP contribution is -2.39. The number of rotatable bonds is 5. The summed E-state index contributed by atoms with van der Waals surface area (Å²) in [6, 6.07) is 10.8. The summed E-state index contributed by atoms with van der Waals surface area (Å²) in [5.74, 6) is 0.840. The molecule has 0 radical (unpaired) electrons. The minimum atomic E-state index is 0.840. The maximum Gasteiger partial charge on any atom is 0.0233 e. The summed E-state index contributed by atoms with van der Waals surface area (Å²) in [4.78, 5) is 2.60. The first-order chi connectivity index (χ1) is 8.38. The molecular formula is C15H24N2. The highest BCUT2D eigenvalue weighted by molar-refractivity contribution is 5.14. The van der Waals surface area contributed by atoms with Gasteiger partial charge in [0.05, 0.1) is 0 Å². The van der Waals surface area contributed by atoms with Gasteiger partial charge in [-0.15, -0.1) is 0 Å². The number of nitrogens with zero attached hydrogens (tertiary/aromatic N) is 1. The molecule has 1 fully saturated rings. The van der Waals surface area contributed by atoms with Crippen LogP contribution in [0.25, 0.3) is 0 Å². The Morgan fingerprint density at radius 2 is 2.12 bits per heavy atom. The Hall–Kier alpha value is -0.860. The minimum Gasteiger partial charge on any atom is -0.317 e. The van der Waals surface area contributed by atoms with Crippen molar-refractivity contribution >= 4 is 0 Å². The van der Waals surface area contributed by atoms with E-state index in [4.69, 9.17) is 0 Å². The van der Waals surface area contributed by atoms with Gasteiger partial charge in [-0.1, -0.05) is 37.3 Å². The second-order valence-electron chi connectivity index (χ2n) is 5.04. The number of nitrogens with one attached hydrogen (secondary N) is 1. The monoisotopic (exact) mass is 232 g/mol. The molecule has 2 nitrogen and oxygen atoms in total. The van der Waals surface area contributed by atoms with Gasteiger partial charge >= 0.3 is 0 Å². The molecule has 0 aromatic heterocycles. The van der Waals surface area contributed by atoms with Crippen molar-refractivity contribution < 1.29 is 0 Å². The largest absolute Gasteiger partial charge is 0.317 e. The van der Waals surface area contributed by atoms with Crippen LogP contribution in [-0.4, -0.2) is 31.1 Å². The van der Waals surface area contributed by atoms with E-state index >= 15 is 0 Å². The van der Waals surface area contributed by atoms with E-state index in [1.165, 1.54) is 38.0 Å². The first kappa shape index (κ1) is 12.6. The Kier molecular flexibility index (Phi) is 5.02. The van der Waals surface area contributed by atoms with Crippen molar-refractivity contribution in [3.63, 3.8) is 0 Å². The molecule has 1 heterocycles. The van der Waals surface area contributed by atoms with Crippen molar-refractivity contribution in [2.75, 3.05) is 26.2 Å². The highest BCUT2D eigenvalue weighted by atomic mass is 15.1. The van der Waals surface area contributed by atoms with Gasteiger partial charge in [0.2, 0.25) is 0 Å². The molecule has 1 atom stereocenters. The number of likely N-dealkylation sites (tertiary alicyclic amines) is 1. The van der Waals surface area contributed by atoms with E-state index in [9.17, 15) is 0 Å². The summed E-state index contributed by atoms with van der Waals surface area (Å²) >= 11 is 0. The molecule has 2 rings (SSSR count). The van der Waals surface area contributed by atoms with Gasteiger partial charge in [0, 0.05) is 13.1 Å². The summed E-state index contributed by atoms with van der Waals surface area (Å²) in [5.41, 5.74) is 1.44. The number of benzene rings is 1. The van der Waals surface area contributed by atoms with Gasteiger partial charge < -0.3 is 5.32 Å². The molecule has 2 heteroatoms. The predicted molar refractivity (Wildman–Crippen MR) is 73.0 cm³/mol. The zero-order valence-corrected chi connectivity index (χ0v) is 10.9. The van der Waals surface area contributed by atoms with E-state index < -0.39 is 0 Å². The molecule has 94 valence electrons. The molecular weight excluding hydrogens is 208 g/mol. The van der Waals surface area contributed by atoms with Crippen molar-refractivity contribution in [2.45, 2.75) is 26.3 Å². The third-order valence-electron chi connectivity index (χ3n) is 3.54. The zero-order chi connectivity index (χ0) is 11.9. The Balaban J connectivity index is 1.81. The highest BCUT2D eigenvalue weighted by Crippen LogP contribution is 2.17. The van der Waals surface area contributed by atoms with E-state index in [0.29, 0.717) is 0 Å². The van der Waals surface area contributed by atoms with Gasteiger partial charge in [-0.25, -0.2) is 0 Å². The third-order valence-corrected chi connectivity index (χ3v) is 3.54. The van der Waals surface area contributed by atoms with Crippen LogP contribution in [0.3, 0.4) is 0 Å². The maximum absolute atomic E-state index is 3.48. The van der Waals surface area contributed by atoms with Crippen molar-refractivity contribution in [3.8, 4) is 0 Å². The molecule has 17 heavy (non-hydrogen) atoms. The standard InChI is InChI=1S/C15H24N2/c1-2-16-11-15-9-6-10-17(13-15)12-14-7-4-3-5-8-14/h3-5,7-8,15-16H,2,6,9-13H2,1H3/t15-/m0/s1. The lowest BCUT2D eigenvalue weighted by molar-refractivity contribution is 0.166. The maximum atomic E-state index is 3.48. The highest BCUT2D eigenvalue weighted by Gasteiger charge is 2.19. The van der Waals surface area contributed by atoms with Crippen LogP contribution in [0, 0.1) is 5.92 Å². The number of piperidine rings is 1. The fraction of sp³-hybridized carbons (Fsp3) is 0.600. The molecule has 1 aromatic carbocycles. The van der Waals surface area contributed by atoms with Crippen LogP contribution < -0.4 is 5.32 Å². The fourth-order valence-electron chi connectivity index (χ4n) is 2.65. The van der Waals surface area contributed by atoms with E-state index in [-0.39, 0.29) is 0 Å². The van der Waals surface area contributed by atoms with Crippen LogP contribution in [0.4, 0.5) is 0 Å². The van der Waals surface area contributed by atoms with Crippen LogP contribution >= 0.6 is 0 Å². The van der Waals surface area contributed by atoms with Gasteiger partial charge in [-0.05, 0) is 44.0 Å². The smallest absolute Gasteiger partial charge is 0.0233 e. The summed E-state index contributed by atoms with van der Waals surface area (Å²) < 4.78 is 0. The Bertz CT molecular complexity index is 310. The second kappa shape index (κ2) is 6.77. The zero-order valence-electron chi connectivity index (χ0n) is 10.9. The SMILES string of the molecule is CCNC[C@@H]1CCCN(Cc2ccccc2)C1. The van der Waals surface area contributed by atoms with E-state index in [0.717, 1.165) is 19.0 Å². The lowest BCUT2D eigenvalue weighted by Gasteiger charge is -2.32. The molecule has 0 saturated carbocycles. The van der Waals surface area contributed by atoms with Crippen molar-refractivity contribution in [3.05, 3.63) is 35.9 Å². The van der Waals surface area contributed by atoms with Gasteiger partial charge in [-0.2, -0.15) is 0 Å². The quantitative estimate of drug-likeness (QED) is 0.839. The van der Waals surface area contributed by atoms with Gasteiger partial charge in [-0.3, -0.25) is 4.90 Å². The van der Waals surface area contributed by atoms with Crippen LogP contribution in [0.5, 0.6) is 0 Å². The van der Waals surface area contributed by atoms with Crippen molar-refractivity contribution in [1.29, 1.82) is 0 Å². The molecule has 0 aliphatic carbocycles. The summed E-state index contributed by atoms with van der Waals surface area (Å²) in [6.45, 7) is 8.09. The molecule has 0 amide bonds. The van der Waals surface area contributed by atoms with Crippen LogP contribution in [0.2, 0.25) is 0 Å². The molecule has 1 saturated heterocycles. The first-order valence-corrected chi connectivity index (χ1v) is 6.85. The summed E-state index contributed by atoms with van der Waals surface area (Å²) in [7, 11) is 0. The third kappa shape index (κ3) is 4.14. The van der Waals surface area contributed by atoms with Crippen LogP contribution in [0.1, 0.15) is 25.3 Å². The average molecular weight is 232 g/mol. The summed E-state index contributed by atoms with van der Waals surface area (Å²) in [6.07, 6.45) is 2.74. The van der Waals surface area contributed by atoms with Crippen LogP contribution in [0.15, 0.2) is 30.3 Å². The van der Waals surface area contributed by atoms with Gasteiger partial charge in [0.1, 0.15) is 0 Å². The van der Waals surface area contributed by atoms with Gasteiger partial charge in [0.15, 0.2) is 0 Å². The Labute approximate surface area is 105 Å². The number of hydrogen-bond acceptors (Lipinski definition) is 2. The number of hydrogen-bond donors (Lipinski definition) is 1. The van der Waals surface area contributed by atoms with Crippen molar-refractivity contribution in [2.24, 2.45) is 5.92 Å². The average Bonchev–Trinajstić information content (AvgIpc) is 2.38. The fourth-order valence-corrected chi connectivity index (χ4v) is 2.65. The molecule has 1 aromatic rings. The molecule has 1 aliphatic rings. The van der Waals surface area contributed by atoms with E-state index in [2.05, 4.69) is 47.5 Å². The molecule has 0 unspecified atom stereocenters. The molecule has 0 spiro atoms. The predicted octanol–water partition coefficient (Wildman–Crippen LogP) is 2.51. The Morgan fingerprint density at radius 3 is 2.88 bits per heavy atom. The van der Waals surface area contributed by atoms with Crippen molar-refractivity contribution in [1.82, 2.24) is 10.2 Å². The Morgan fingerprint density at radius 1 is 1.29 bits per heavy atom. The summed E-state index contributed by atoms with van der Waals surface area (Å²) in [5, 5.41) is 3.48. The normalized spacial score (nSPS) is 21.6. The molecule has 0 bridgehead atoms. The second-order valence-corrected chi connectivity index (χ2v) is 5.04.